The maximum Gasteiger partial charge on any atom is 0.239 e. The van der Waals surface area contributed by atoms with Gasteiger partial charge >= 0.3 is 0 Å². The van der Waals surface area contributed by atoms with Gasteiger partial charge in [-0.2, -0.15) is 4.31 Å². The van der Waals surface area contributed by atoms with Crippen LogP contribution in [0.3, 0.4) is 0 Å². The fourth-order valence-electron chi connectivity index (χ4n) is 1.55. The van der Waals surface area contributed by atoms with E-state index >= 15 is 0 Å². The fraction of sp³-hybridized carbons (Fsp3) is 0.462. The third-order valence-corrected chi connectivity index (χ3v) is 4.59. The van der Waals surface area contributed by atoms with E-state index in [4.69, 9.17) is 0 Å². The zero-order chi connectivity index (χ0) is 15.2. The average molecular weight is 302 g/mol. The number of unbranched alkanes of at least 4 members (excludes halogenated alkanes) is 1. The van der Waals surface area contributed by atoms with Crippen molar-refractivity contribution in [1.82, 2.24) is 4.31 Å². The zero-order valence-corrected chi connectivity index (χ0v) is 12.4. The Morgan fingerprint density at radius 1 is 1.40 bits per heavy atom. The summed E-state index contributed by atoms with van der Waals surface area (Å²) < 4.78 is 37.6. The van der Waals surface area contributed by atoms with Crippen LogP contribution < -0.4 is 5.32 Å². The number of halogens is 1. The van der Waals surface area contributed by atoms with E-state index in [1.807, 2.05) is 6.92 Å². The molecule has 20 heavy (non-hydrogen) atoms. The van der Waals surface area contributed by atoms with E-state index in [9.17, 15) is 17.6 Å². The molecular formula is C13H19FN2O3S. The summed E-state index contributed by atoms with van der Waals surface area (Å²) in [7, 11) is -2.06. The highest BCUT2D eigenvalue weighted by Crippen LogP contribution is 2.09. The second kappa shape index (κ2) is 7.35. The molecule has 7 heteroatoms. The molecule has 0 bridgehead atoms. The molecule has 0 heterocycles. The number of nitrogens with one attached hydrogen (secondary N) is 1. The van der Waals surface area contributed by atoms with Crippen molar-refractivity contribution < 1.29 is 17.6 Å². The van der Waals surface area contributed by atoms with Crippen LogP contribution in [0.5, 0.6) is 0 Å². The molecule has 1 N–H and O–H groups in total. The van der Waals surface area contributed by atoms with Crippen molar-refractivity contribution in [3.05, 3.63) is 30.1 Å². The Morgan fingerprint density at radius 2 is 2.10 bits per heavy atom. The second-order valence-corrected chi connectivity index (χ2v) is 6.68. The first-order chi connectivity index (χ1) is 9.35. The minimum Gasteiger partial charge on any atom is -0.325 e. The SMILES string of the molecule is CCCCS(=O)(=O)N(C)CC(=O)Nc1cccc(F)c1. The number of carbonyl (C=O) groups excluding carboxylic acids is 1. The summed E-state index contributed by atoms with van der Waals surface area (Å²) in [5.74, 6) is -0.947. The Labute approximate surface area is 118 Å². The van der Waals surface area contributed by atoms with Crippen molar-refractivity contribution >= 4 is 21.6 Å². The van der Waals surface area contributed by atoms with E-state index in [0.717, 1.165) is 10.7 Å². The van der Waals surface area contributed by atoms with Crippen LogP contribution in [0.15, 0.2) is 24.3 Å². The van der Waals surface area contributed by atoms with Gasteiger partial charge in [0.25, 0.3) is 0 Å². The van der Waals surface area contributed by atoms with E-state index in [1.165, 1.54) is 31.3 Å². The van der Waals surface area contributed by atoms with Crippen LogP contribution in [0.2, 0.25) is 0 Å². The molecule has 0 aromatic heterocycles. The molecule has 0 aliphatic rings. The topological polar surface area (TPSA) is 66.5 Å². The standard InChI is InChI=1S/C13H19FN2O3S/c1-3-4-8-20(18,19)16(2)10-13(17)15-12-7-5-6-11(14)9-12/h5-7,9H,3-4,8,10H2,1-2H3,(H,15,17). The van der Waals surface area contributed by atoms with Gasteiger partial charge in [-0.25, -0.2) is 12.8 Å². The first-order valence-corrected chi connectivity index (χ1v) is 7.95. The first kappa shape index (κ1) is 16.6. The highest BCUT2D eigenvalue weighted by atomic mass is 32.2. The lowest BCUT2D eigenvalue weighted by atomic mass is 10.3. The van der Waals surface area contributed by atoms with Gasteiger partial charge < -0.3 is 5.32 Å². The van der Waals surface area contributed by atoms with Crippen molar-refractivity contribution in [2.24, 2.45) is 0 Å². The van der Waals surface area contributed by atoms with Crippen LogP contribution in [0, 0.1) is 5.82 Å². The molecule has 0 spiro atoms. The lowest BCUT2D eigenvalue weighted by Gasteiger charge is -2.16. The molecule has 0 unspecified atom stereocenters. The molecule has 1 amide bonds. The maximum atomic E-state index is 13.0. The fourth-order valence-corrected chi connectivity index (χ4v) is 2.83. The van der Waals surface area contributed by atoms with Gasteiger partial charge in [-0.05, 0) is 24.6 Å². The molecule has 0 saturated carbocycles. The molecule has 112 valence electrons. The van der Waals surface area contributed by atoms with Crippen LogP contribution in [-0.4, -0.2) is 38.0 Å². The highest BCUT2D eigenvalue weighted by molar-refractivity contribution is 7.89. The van der Waals surface area contributed by atoms with Gasteiger partial charge in [-0.1, -0.05) is 19.4 Å². The summed E-state index contributed by atoms with van der Waals surface area (Å²) in [6, 6.07) is 5.43. The second-order valence-electron chi connectivity index (χ2n) is 4.48. The minimum atomic E-state index is -3.42. The Hall–Kier alpha value is -1.47. The average Bonchev–Trinajstić information content (AvgIpc) is 2.36. The monoisotopic (exact) mass is 302 g/mol. The molecule has 0 aliphatic carbocycles. The van der Waals surface area contributed by atoms with E-state index in [0.29, 0.717) is 12.1 Å². The van der Waals surface area contributed by atoms with Gasteiger partial charge in [0.15, 0.2) is 0 Å². The largest absolute Gasteiger partial charge is 0.325 e. The number of hydrogen-bond donors (Lipinski definition) is 1. The van der Waals surface area contributed by atoms with Gasteiger partial charge in [0, 0.05) is 12.7 Å². The normalized spacial score (nSPS) is 11.6. The first-order valence-electron chi connectivity index (χ1n) is 6.34. The lowest BCUT2D eigenvalue weighted by molar-refractivity contribution is -0.116. The van der Waals surface area contributed by atoms with Crippen molar-refractivity contribution in [1.29, 1.82) is 0 Å². The number of nitrogens with zero attached hydrogens (tertiary/aromatic N) is 1. The van der Waals surface area contributed by atoms with Gasteiger partial charge in [-0.3, -0.25) is 4.79 Å². The number of carbonyl (C=O) groups is 1. The third-order valence-electron chi connectivity index (χ3n) is 2.71. The Morgan fingerprint density at radius 3 is 2.70 bits per heavy atom. The van der Waals surface area contributed by atoms with Crippen LogP contribution in [-0.2, 0) is 14.8 Å². The number of amides is 1. The Bertz CT molecular complexity index is 560. The van der Waals surface area contributed by atoms with Gasteiger partial charge in [0.2, 0.25) is 15.9 Å². The summed E-state index contributed by atoms with van der Waals surface area (Å²) >= 11 is 0. The Balaban J connectivity index is 2.58. The number of anilines is 1. The molecular weight excluding hydrogens is 283 g/mol. The molecule has 0 aliphatic heterocycles. The van der Waals surface area contributed by atoms with Crippen molar-refractivity contribution in [2.75, 3.05) is 24.7 Å². The molecule has 1 aromatic carbocycles. The van der Waals surface area contributed by atoms with E-state index in [2.05, 4.69) is 5.32 Å². The number of benzene rings is 1. The minimum absolute atomic E-state index is 0.0211. The quantitative estimate of drug-likeness (QED) is 0.835. The molecule has 1 rings (SSSR count). The summed E-state index contributed by atoms with van der Waals surface area (Å²) in [5.41, 5.74) is 0.300. The van der Waals surface area contributed by atoms with Gasteiger partial charge in [0.05, 0.1) is 12.3 Å². The molecule has 5 nitrogen and oxygen atoms in total. The maximum absolute atomic E-state index is 13.0. The smallest absolute Gasteiger partial charge is 0.239 e. The Kier molecular flexibility index (Phi) is 6.09. The van der Waals surface area contributed by atoms with E-state index in [1.54, 1.807) is 0 Å². The number of rotatable bonds is 7. The molecule has 1 aromatic rings. The van der Waals surface area contributed by atoms with Crippen LogP contribution in [0.4, 0.5) is 10.1 Å². The van der Waals surface area contributed by atoms with Crippen molar-refractivity contribution in [2.45, 2.75) is 19.8 Å². The number of hydrogen-bond acceptors (Lipinski definition) is 3. The predicted molar refractivity (Wildman–Crippen MR) is 76.4 cm³/mol. The summed E-state index contributed by atoms with van der Waals surface area (Å²) in [4.78, 5) is 11.7. The van der Waals surface area contributed by atoms with E-state index in [-0.39, 0.29) is 12.3 Å². The molecule has 0 radical (unpaired) electrons. The summed E-state index contributed by atoms with van der Waals surface area (Å²) in [6.45, 7) is 1.61. The highest BCUT2D eigenvalue weighted by Gasteiger charge is 2.19. The molecule has 0 fully saturated rings. The van der Waals surface area contributed by atoms with Gasteiger partial charge in [0.1, 0.15) is 5.82 Å². The molecule has 0 saturated heterocycles. The third kappa shape index (κ3) is 5.26. The lowest BCUT2D eigenvalue weighted by Crippen LogP contribution is -2.36. The number of sulfonamides is 1. The van der Waals surface area contributed by atoms with Crippen LogP contribution in [0.1, 0.15) is 19.8 Å². The van der Waals surface area contributed by atoms with Crippen LogP contribution in [0.25, 0.3) is 0 Å². The zero-order valence-electron chi connectivity index (χ0n) is 11.6. The summed E-state index contributed by atoms with van der Waals surface area (Å²) in [6.07, 6.45) is 1.32. The van der Waals surface area contributed by atoms with Crippen molar-refractivity contribution in [3.8, 4) is 0 Å². The van der Waals surface area contributed by atoms with Crippen molar-refractivity contribution in [3.63, 3.8) is 0 Å². The number of likely N-dealkylation sites (N-methyl/N-ethyl adjacent to an activating group) is 1. The van der Waals surface area contributed by atoms with Crippen LogP contribution >= 0.6 is 0 Å². The molecule has 0 atom stereocenters. The van der Waals surface area contributed by atoms with E-state index < -0.39 is 21.7 Å². The van der Waals surface area contributed by atoms with Gasteiger partial charge in [-0.15, -0.1) is 0 Å². The summed E-state index contributed by atoms with van der Waals surface area (Å²) in [5, 5.41) is 2.46. The predicted octanol–water partition coefficient (Wildman–Crippen LogP) is 1.83.